The Hall–Kier alpha value is -1.92. The van der Waals surface area contributed by atoms with Gasteiger partial charge in [0.05, 0.1) is 28.4 Å². The maximum atomic E-state index is 11.1. The molecule has 0 radical (unpaired) electrons. The van der Waals surface area contributed by atoms with Gasteiger partial charge in [-0.1, -0.05) is 28.4 Å². The number of halogens is 2. The molecule has 146 valence electrons. The van der Waals surface area contributed by atoms with E-state index in [9.17, 15) is 4.79 Å². The minimum atomic E-state index is -0.208. The molecular formula is C19H22Cl2N2O4. The van der Waals surface area contributed by atoms with Crippen LogP contribution in [0.2, 0.25) is 10.0 Å². The fourth-order valence-corrected chi connectivity index (χ4v) is 3.43. The Bertz CT molecular complexity index is 818. The van der Waals surface area contributed by atoms with Gasteiger partial charge in [-0.2, -0.15) is 0 Å². The van der Waals surface area contributed by atoms with Crippen LogP contribution in [-0.4, -0.2) is 23.8 Å². The Morgan fingerprint density at radius 2 is 1.96 bits per heavy atom. The van der Waals surface area contributed by atoms with Gasteiger partial charge in [0.2, 0.25) is 5.91 Å². The highest BCUT2D eigenvalue weighted by Crippen LogP contribution is 2.42. The monoisotopic (exact) mass is 412 g/mol. The van der Waals surface area contributed by atoms with Crippen molar-refractivity contribution in [3.8, 4) is 11.5 Å². The molecule has 0 unspecified atom stereocenters. The summed E-state index contributed by atoms with van der Waals surface area (Å²) in [6.45, 7) is 5.73. The number of aromatic nitrogens is 1. The van der Waals surface area contributed by atoms with E-state index in [2.05, 4.69) is 10.5 Å². The zero-order chi connectivity index (χ0) is 19.6. The molecule has 0 bridgehead atoms. The molecule has 2 aromatic rings. The molecule has 0 saturated heterocycles. The Morgan fingerprint density at radius 1 is 1.30 bits per heavy atom. The van der Waals surface area contributed by atoms with E-state index in [1.165, 1.54) is 6.92 Å². The van der Waals surface area contributed by atoms with Crippen molar-refractivity contribution in [2.24, 2.45) is 0 Å². The zero-order valence-corrected chi connectivity index (χ0v) is 16.9. The third-order valence-electron chi connectivity index (χ3n) is 4.49. The molecule has 1 N–H and O–H groups in total. The standard InChI is InChI=1S/C19H22Cl2N2O4/c1-4-25-18-7-15(21)19(8-14(18)20)26-13-5-12(6-13)16-9-17(27-23-16)10(2)22-11(3)24/h7-10,12-13H,4-6H2,1-3H3,(H,22,24)/t10-,12?,13?/m0/s1. The quantitative estimate of drug-likeness (QED) is 0.699. The van der Waals surface area contributed by atoms with Gasteiger partial charge < -0.3 is 19.3 Å². The van der Waals surface area contributed by atoms with Crippen molar-refractivity contribution in [1.29, 1.82) is 0 Å². The molecule has 1 aliphatic rings. The smallest absolute Gasteiger partial charge is 0.217 e. The van der Waals surface area contributed by atoms with E-state index in [1.54, 1.807) is 12.1 Å². The van der Waals surface area contributed by atoms with Crippen LogP contribution in [-0.2, 0) is 4.79 Å². The largest absolute Gasteiger partial charge is 0.492 e. The maximum absolute atomic E-state index is 11.1. The van der Waals surface area contributed by atoms with E-state index in [-0.39, 0.29) is 24.0 Å². The normalized spacial score (nSPS) is 19.9. The second-order valence-electron chi connectivity index (χ2n) is 6.63. The van der Waals surface area contributed by atoms with E-state index in [0.717, 1.165) is 18.5 Å². The number of carbonyl (C=O) groups is 1. The first-order chi connectivity index (χ1) is 12.9. The summed E-state index contributed by atoms with van der Waals surface area (Å²) in [4.78, 5) is 11.1. The summed E-state index contributed by atoms with van der Waals surface area (Å²) >= 11 is 12.5. The first-order valence-corrected chi connectivity index (χ1v) is 9.65. The Labute approximate surface area is 168 Å². The lowest BCUT2D eigenvalue weighted by Gasteiger charge is -2.34. The minimum Gasteiger partial charge on any atom is -0.492 e. The number of hydrogen-bond donors (Lipinski definition) is 1. The molecule has 8 heteroatoms. The number of ether oxygens (including phenoxy) is 2. The summed E-state index contributed by atoms with van der Waals surface area (Å²) in [5.74, 6) is 1.89. The summed E-state index contributed by atoms with van der Waals surface area (Å²) in [5, 5.41) is 7.85. The summed E-state index contributed by atoms with van der Waals surface area (Å²) in [5.41, 5.74) is 0.873. The molecule has 1 aliphatic carbocycles. The van der Waals surface area contributed by atoms with Crippen LogP contribution in [0.15, 0.2) is 22.7 Å². The highest BCUT2D eigenvalue weighted by Gasteiger charge is 2.35. The van der Waals surface area contributed by atoms with Crippen molar-refractivity contribution >= 4 is 29.1 Å². The van der Waals surface area contributed by atoms with Crippen LogP contribution in [0.25, 0.3) is 0 Å². The first kappa shape index (κ1) is 19.8. The lowest BCUT2D eigenvalue weighted by atomic mass is 9.80. The van der Waals surface area contributed by atoms with E-state index in [0.29, 0.717) is 33.9 Å². The number of nitrogens with zero attached hydrogens (tertiary/aromatic N) is 1. The van der Waals surface area contributed by atoms with Gasteiger partial charge >= 0.3 is 0 Å². The fraction of sp³-hybridized carbons (Fsp3) is 0.474. The lowest BCUT2D eigenvalue weighted by molar-refractivity contribution is -0.119. The molecule has 6 nitrogen and oxygen atoms in total. The van der Waals surface area contributed by atoms with Crippen LogP contribution in [0, 0.1) is 0 Å². The third-order valence-corrected chi connectivity index (χ3v) is 5.08. The number of rotatable bonds is 7. The Balaban J connectivity index is 1.57. The average molecular weight is 413 g/mol. The van der Waals surface area contributed by atoms with Crippen LogP contribution in [0.3, 0.4) is 0 Å². The first-order valence-electron chi connectivity index (χ1n) is 8.89. The predicted molar refractivity (Wildman–Crippen MR) is 103 cm³/mol. The topological polar surface area (TPSA) is 73.6 Å². The highest BCUT2D eigenvalue weighted by atomic mass is 35.5. The lowest BCUT2D eigenvalue weighted by Crippen LogP contribution is -2.32. The molecule has 1 saturated carbocycles. The van der Waals surface area contributed by atoms with Crippen LogP contribution < -0.4 is 14.8 Å². The number of benzene rings is 1. The minimum absolute atomic E-state index is 0.0365. The van der Waals surface area contributed by atoms with E-state index >= 15 is 0 Å². The van der Waals surface area contributed by atoms with Gasteiger partial charge in [0.25, 0.3) is 0 Å². The molecule has 27 heavy (non-hydrogen) atoms. The molecule has 1 amide bonds. The molecule has 0 aliphatic heterocycles. The maximum Gasteiger partial charge on any atom is 0.217 e. The summed E-state index contributed by atoms with van der Waals surface area (Å²) in [6, 6.07) is 5.04. The molecule has 1 aromatic carbocycles. The predicted octanol–water partition coefficient (Wildman–Crippen LogP) is 4.90. The van der Waals surface area contributed by atoms with Gasteiger partial charge in [0, 0.05) is 31.0 Å². The Morgan fingerprint density at radius 3 is 2.63 bits per heavy atom. The van der Waals surface area contributed by atoms with Crippen molar-refractivity contribution in [3.05, 3.63) is 39.7 Å². The highest BCUT2D eigenvalue weighted by molar-refractivity contribution is 6.35. The number of hydrogen-bond acceptors (Lipinski definition) is 5. The molecule has 3 rings (SSSR count). The Kier molecular flexibility index (Phi) is 6.17. The van der Waals surface area contributed by atoms with Crippen LogP contribution in [0.5, 0.6) is 11.5 Å². The molecule has 1 aromatic heterocycles. The van der Waals surface area contributed by atoms with Crippen LogP contribution in [0.1, 0.15) is 57.0 Å². The van der Waals surface area contributed by atoms with Crippen LogP contribution >= 0.6 is 23.2 Å². The van der Waals surface area contributed by atoms with Crippen molar-refractivity contribution in [2.45, 2.75) is 51.7 Å². The number of nitrogens with one attached hydrogen (secondary N) is 1. The SMILES string of the molecule is CCOc1cc(Cl)c(OC2CC(c3cc([C@H](C)NC(C)=O)on3)C2)cc1Cl. The van der Waals surface area contributed by atoms with Crippen molar-refractivity contribution in [1.82, 2.24) is 10.5 Å². The van der Waals surface area contributed by atoms with E-state index < -0.39 is 0 Å². The van der Waals surface area contributed by atoms with Gasteiger partial charge in [-0.25, -0.2) is 0 Å². The van der Waals surface area contributed by atoms with Gasteiger partial charge in [-0.05, 0) is 26.7 Å². The van der Waals surface area contributed by atoms with Gasteiger partial charge in [-0.15, -0.1) is 0 Å². The molecule has 1 heterocycles. The second kappa shape index (κ2) is 8.40. The van der Waals surface area contributed by atoms with Crippen molar-refractivity contribution < 1.29 is 18.8 Å². The summed E-state index contributed by atoms with van der Waals surface area (Å²) < 4.78 is 16.7. The molecule has 1 atom stereocenters. The molecular weight excluding hydrogens is 391 g/mol. The fourth-order valence-electron chi connectivity index (χ4n) is 3.03. The van der Waals surface area contributed by atoms with Crippen molar-refractivity contribution in [2.75, 3.05) is 6.61 Å². The van der Waals surface area contributed by atoms with E-state index in [1.807, 2.05) is 19.9 Å². The summed E-state index contributed by atoms with van der Waals surface area (Å²) in [7, 11) is 0. The zero-order valence-electron chi connectivity index (χ0n) is 15.4. The molecule has 1 fully saturated rings. The van der Waals surface area contributed by atoms with Gasteiger partial charge in [0.15, 0.2) is 5.76 Å². The summed E-state index contributed by atoms with van der Waals surface area (Å²) in [6.07, 6.45) is 1.65. The van der Waals surface area contributed by atoms with E-state index in [4.69, 9.17) is 37.2 Å². The molecule has 0 spiro atoms. The number of amides is 1. The average Bonchev–Trinajstić information content (AvgIpc) is 3.03. The number of carbonyl (C=O) groups excluding carboxylic acids is 1. The van der Waals surface area contributed by atoms with Gasteiger partial charge in [-0.3, -0.25) is 4.79 Å². The van der Waals surface area contributed by atoms with Crippen LogP contribution in [0.4, 0.5) is 0 Å². The third kappa shape index (κ3) is 4.68. The second-order valence-corrected chi connectivity index (χ2v) is 7.45. The van der Waals surface area contributed by atoms with Crippen molar-refractivity contribution in [3.63, 3.8) is 0 Å². The van der Waals surface area contributed by atoms with Gasteiger partial charge in [0.1, 0.15) is 17.6 Å².